The maximum absolute atomic E-state index is 14.2. The molecule has 4 rings (SSSR count). The third kappa shape index (κ3) is 6.75. The van der Waals surface area contributed by atoms with Gasteiger partial charge < -0.3 is 10.0 Å². The molecule has 2 heterocycles. The van der Waals surface area contributed by atoms with Crippen molar-refractivity contribution in [2.75, 3.05) is 39.8 Å². The molecule has 5 nitrogen and oxygen atoms in total. The smallest absolute Gasteiger partial charge is 0.393 e. The van der Waals surface area contributed by atoms with Gasteiger partial charge in [-0.05, 0) is 55.3 Å². The summed E-state index contributed by atoms with van der Waals surface area (Å²) in [5.74, 6) is -1.47. The van der Waals surface area contributed by atoms with Gasteiger partial charge >= 0.3 is 6.18 Å². The third-order valence-corrected chi connectivity index (χ3v) is 8.01. The zero-order valence-corrected chi connectivity index (χ0v) is 21.8. The fraction of sp³-hybridized carbons (Fsp3) is 0.500. The molecule has 2 saturated heterocycles. The molecular weight excluding hydrogens is 533 g/mol. The van der Waals surface area contributed by atoms with Crippen LogP contribution in [-0.2, 0) is 17.5 Å². The van der Waals surface area contributed by atoms with Crippen molar-refractivity contribution in [1.82, 2.24) is 14.7 Å². The fourth-order valence-corrected chi connectivity index (χ4v) is 5.47. The van der Waals surface area contributed by atoms with E-state index >= 15 is 0 Å². The molecule has 2 aliphatic rings. The summed E-state index contributed by atoms with van der Waals surface area (Å²) in [6.45, 7) is 2.59. The molecule has 0 saturated carbocycles. The van der Waals surface area contributed by atoms with E-state index in [1.807, 2.05) is 22.9 Å². The molecule has 2 atom stereocenters. The number of nitrogens with zero attached hydrogens (tertiary/aromatic N) is 3. The first-order valence-electron chi connectivity index (χ1n) is 12.1. The molecule has 202 valence electrons. The lowest BCUT2D eigenvalue weighted by atomic mass is 9.93. The molecule has 2 aromatic carbocycles. The maximum Gasteiger partial charge on any atom is 0.419 e. The second kappa shape index (κ2) is 11.5. The average Bonchev–Trinajstić information content (AvgIpc) is 3.27. The number of aliphatic hydroxyl groups is 1. The predicted molar refractivity (Wildman–Crippen MR) is 134 cm³/mol. The zero-order valence-electron chi connectivity index (χ0n) is 20.3. The Hall–Kier alpha value is -1.91. The van der Waals surface area contributed by atoms with E-state index in [9.17, 15) is 27.5 Å². The lowest BCUT2D eigenvalue weighted by Crippen LogP contribution is -2.44. The Morgan fingerprint density at radius 2 is 1.78 bits per heavy atom. The van der Waals surface area contributed by atoms with Gasteiger partial charge in [-0.1, -0.05) is 35.3 Å². The minimum Gasteiger partial charge on any atom is -0.393 e. The second-order valence-corrected chi connectivity index (χ2v) is 10.7. The molecule has 11 heteroatoms. The number of benzene rings is 2. The number of halogens is 6. The average molecular weight is 562 g/mol. The summed E-state index contributed by atoms with van der Waals surface area (Å²) in [5.41, 5.74) is -0.00533. The molecule has 0 aliphatic carbocycles. The maximum atomic E-state index is 14.2. The van der Waals surface area contributed by atoms with E-state index in [4.69, 9.17) is 23.2 Å². The number of hydrogen-bond donors (Lipinski definition) is 1. The second-order valence-electron chi connectivity index (χ2n) is 9.88. The van der Waals surface area contributed by atoms with Gasteiger partial charge in [0.2, 0.25) is 5.91 Å². The Labute approximate surface area is 223 Å². The predicted octanol–water partition coefficient (Wildman–Crippen LogP) is 5.03. The van der Waals surface area contributed by atoms with E-state index in [1.165, 1.54) is 6.07 Å². The molecule has 0 aromatic heterocycles. The van der Waals surface area contributed by atoms with Crippen LogP contribution in [0, 0.1) is 5.82 Å². The molecule has 2 aromatic rings. The first kappa shape index (κ1) is 28.1. The van der Waals surface area contributed by atoms with E-state index in [0.29, 0.717) is 54.6 Å². The summed E-state index contributed by atoms with van der Waals surface area (Å²) in [7, 11) is 1.81. The van der Waals surface area contributed by atoms with E-state index in [-0.39, 0.29) is 37.1 Å². The molecule has 37 heavy (non-hydrogen) atoms. The zero-order chi connectivity index (χ0) is 26.9. The largest absolute Gasteiger partial charge is 0.419 e. The Balaban J connectivity index is 1.52. The molecule has 1 amide bonds. The van der Waals surface area contributed by atoms with Gasteiger partial charge in [0.15, 0.2) is 0 Å². The van der Waals surface area contributed by atoms with Crippen molar-refractivity contribution in [2.24, 2.45) is 0 Å². The summed E-state index contributed by atoms with van der Waals surface area (Å²) in [6, 6.07) is 8.09. The lowest BCUT2D eigenvalue weighted by Gasteiger charge is -2.30. The Bertz CT molecular complexity index is 1130. The highest BCUT2D eigenvalue weighted by Crippen LogP contribution is 2.36. The Kier molecular flexibility index (Phi) is 8.70. The summed E-state index contributed by atoms with van der Waals surface area (Å²) < 4.78 is 53.1. The van der Waals surface area contributed by atoms with Crippen molar-refractivity contribution in [3.8, 4) is 0 Å². The number of amides is 1. The van der Waals surface area contributed by atoms with Crippen LogP contribution >= 0.6 is 23.2 Å². The topological polar surface area (TPSA) is 47.0 Å². The molecule has 1 N–H and O–H groups in total. The molecule has 2 aliphatic heterocycles. The number of alkyl halides is 3. The first-order chi connectivity index (χ1) is 17.4. The molecule has 0 unspecified atom stereocenters. The van der Waals surface area contributed by atoms with Crippen LogP contribution < -0.4 is 0 Å². The van der Waals surface area contributed by atoms with Crippen molar-refractivity contribution < 1.29 is 27.5 Å². The van der Waals surface area contributed by atoms with Crippen LogP contribution in [0.1, 0.15) is 35.4 Å². The molecule has 0 bridgehead atoms. The molecule has 0 spiro atoms. The van der Waals surface area contributed by atoms with Crippen LogP contribution in [0.15, 0.2) is 36.4 Å². The Morgan fingerprint density at radius 3 is 2.41 bits per heavy atom. The van der Waals surface area contributed by atoms with E-state index in [0.717, 1.165) is 17.7 Å². The minimum atomic E-state index is -4.76. The van der Waals surface area contributed by atoms with Gasteiger partial charge in [0.25, 0.3) is 0 Å². The van der Waals surface area contributed by atoms with Gasteiger partial charge in [0.1, 0.15) is 5.82 Å². The Morgan fingerprint density at radius 1 is 1.08 bits per heavy atom. The van der Waals surface area contributed by atoms with Crippen LogP contribution in [0.4, 0.5) is 17.6 Å². The van der Waals surface area contributed by atoms with Gasteiger partial charge in [0.05, 0.1) is 28.3 Å². The van der Waals surface area contributed by atoms with Gasteiger partial charge in [-0.25, -0.2) is 4.39 Å². The van der Waals surface area contributed by atoms with E-state index in [2.05, 4.69) is 0 Å². The van der Waals surface area contributed by atoms with Crippen molar-refractivity contribution in [1.29, 1.82) is 0 Å². The molecule has 0 radical (unpaired) electrons. The number of carbonyl (C=O) groups excluding carboxylic acids is 1. The SMILES string of the molecule is CN(Cc1ccc(C(F)(F)F)c(F)c1)[C@H]1CN(C(=O)CN2CCC(O)CC2)C[C@@H]1c1ccc(Cl)c(Cl)c1. The van der Waals surface area contributed by atoms with Crippen LogP contribution in [0.5, 0.6) is 0 Å². The van der Waals surface area contributed by atoms with Gasteiger partial charge in [-0.3, -0.25) is 14.6 Å². The highest BCUT2D eigenvalue weighted by molar-refractivity contribution is 6.42. The van der Waals surface area contributed by atoms with Crippen LogP contribution in [0.3, 0.4) is 0 Å². The number of likely N-dealkylation sites (N-methyl/N-ethyl adjacent to an activating group) is 1. The number of likely N-dealkylation sites (tertiary alicyclic amines) is 2. The number of carbonyl (C=O) groups is 1. The molecular formula is C26H29Cl2F4N3O2. The summed E-state index contributed by atoms with van der Waals surface area (Å²) in [6.07, 6.45) is -3.82. The standard InChI is InChI=1S/C26H29Cl2F4N3O2/c1-33(12-16-2-4-20(23(29)10-16)26(30,31)32)24-14-35(25(37)15-34-8-6-18(36)7-9-34)13-19(24)17-3-5-21(27)22(28)11-17/h2-5,10-11,18-19,24,36H,6-9,12-15H2,1H3/t19-,24+/m1/s1. The quantitative estimate of drug-likeness (QED) is 0.502. The number of rotatable bonds is 6. The number of piperidine rings is 1. The lowest BCUT2D eigenvalue weighted by molar-refractivity contribution is -0.140. The minimum absolute atomic E-state index is 0.0297. The number of hydrogen-bond acceptors (Lipinski definition) is 4. The van der Waals surface area contributed by atoms with E-state index in [1.54, 1.807) is 17.0 Å². The van der Waals surface area contributed by atoms with Crippen molar-refractivity contribution in [3.05, 3.63) is 69.0 Å². The van der Waals surface area contributed by atoms with Crippen LogP contribution in [0.25, 0.3) is 0 Å². The highest BCUT2D eigenvalue weighted by atomic mass is 35.5. The van der Waals surface area contributed by atoms with Gasteiger partial charge in [-0.2, -0.15) is 13.2 Å². The van der Waals surface area contributed by atoms with Crippen molar-refractivity contribution >= 4 is 29.1 Å². The van der Waals surface area contributed by atoms with Crippen LogP contribution in [0.2, 0.25) is 10.0 Å². The number of aliphatic hydroxyl groups excluding tert-OH is 1. The van der Waals surface area contributed by atoms with Crippen molar-refractivity contribution in [2.45, 2.75) is 43.6 Å². The van der Waals surface area contributed by atoms with E-state index < -0.39 is 17.6 Å². The monoisotopic (exact) mass is 561 g/mol. The van der Waals surface area contributed by atoms with Gasteiger partial charge in [-0.15, -0.1) is 0 Å². The van der Waals surface area contributed by atoms with Crippen LogP contribution in [-0.4, -0.2) is 77.6 Å². The summed E-state index contributed by atoms with van der Waals surface area (Å²) in [5, 5.41) is 10.5. The normalized spacial score (nSPS) is 21.7. The summed E-state index contributed by atoms with van der Waals surface area (Å²) in [4.78, 5) is 18.9. The molecule has 2 fully saturated rings. The van der Waals surface area contributed by atoms with Gasteiger partial charge in [0, 0.05) is 44.7 Å². The third-order valence-electron chi connectivity index (χ3n) is 7.27. The van der Waals surface area contributed by atoms with Crippen molar-refractivity contribution in [3.63, 3.8) is 0 Å². The first-order valence-corrected chi connectivity index (χ1v) is 12.9. The fourth-order valence-electron chi connectivity index (χ4n) is 5.17. The summed E-state index contributed by atoms with van der Waals surface area (Å²) >= 11 is 12.4. The highest BCUT2D eigenvalue weighted by Gasteiger charge is 2.39.